The molecule has 2 atom stereocenters. The number of benzene rings is 1. The van der Waals surface area contributed by atoms with Crippen LogP contribution in [0.3, 0.4) is 0 Å². The Hall–Kier alpha value is -2.59. The zero-order chi connectivity index (χ0) is 26.7. The number of β-amino-alcohol motifs (C(OH)–C–C–N with tert-alkyl or cyclic N) is 1. The maximum Gasteiger partial charge on any atom is 0.319 e. The highest BCUT2D eigenvalue weighted by Gasteiger charge is 2.31. The highest BCUT2D eigenvalue weighted by Crippen LogP contribution is 2.33. The van der Waals surface area contributed by atoms with Gasteiger partial charge in [0.25, 0.3) is 0 Å². The van der Waals surface area contributed by atoms with Gasteiger partial charge in [-0.25, -0.2) is 9.37 Å². The molecule has 2 aromatic heterocycles. The summed E-state index contributed by atoms with van der Waals surface area (Å²) >= 11 is 5.97. The molecule has 0 amide bonds. The van der Waals surface area contributed by atoms with Crippen LogP contribution in [-0.4, -0.2) is 87.9 Å². The quantitative estimate of drug-likeness (QED) is 0.428. The highest BCUT2D eigenvalue weighted by molar-refractivity contribution is 6.30. The van der Waals surface area contributed by atoms with E-state index >= 15 is 0 Å². The number of piperidine rings is 1. The lowest BCUT2D eigenvalue weighted by atomic mass is 9.95. The Bertz CT molecular complexity index is 1240. The molecule has 204 valence electrons. The van der Waals surface area contributed by atoms with Crippen LogP contribution in [0.25, 0.3) is 10.9 Å². The molecular formula is C28H36ClFN6O2. The number of nitrogens with zero attached hydrogens (tertiary/aromatic N) is 6. The van der Waals surface area contributed by atoms with E-state index in [0.717, 1.165) is 45.7 Å². The maximum absolute atomic E-state index is 14.9. The number of anilines is 1. The first-order chi connectivity index (χ1) is 18.3. The summed E-state index contributed by atoms with van der Waals surface area (Å²) in [5.41, 5.74) is 0.575. The molecule has 2 fully saturated rings. The van der Waals surface area contributed by atoms with Gasteiger partial charge >= 0.3 is 6.01 Å². The van der Waals surface area contributed by atoms with Gasteiger partial charge in [-0.3, -0.25) is 4.90 Å². The van der Waals surface area contributed by atoms with Crippen molar-refractivity contribution < 1.29 is 14.2 Å². The molecule has 2 aliphatic heterocycles. The summed E-state index contributed by atoms with van der Waals surface area (Å²) in [5, 5.41) is 10.9. The number of rotatable bonds is 8. The Morgan fingerprint density at radius 2 is 1.84 bits per heavy atom. The van der Waals surface area contributed by atoms with E-state index in [1.807, 2.05) is 4.90 Å². The molecular weight excluding hydrogens is 507 g/mol. The predicted octanol–water partition coefficient (Wildman–Crippen LogP) is 4.00. The summed E-state index contributed by atoms with van der Waals surface area (Å²) in [7, 11) is 0. The molecule has 5 rings (SSSR count). The second-order valence-corrected chi connectivity index (χ2v) is 11.3. The lowest BCUT2D eigenvalue weighted by molar-refractivity contribution is 0.0447. The fourth-order valence-corrected chi connectivity index (χ4v) is 5.53. The van der Waals surface area contributed by atoms with Crippen LogP contribution in [0, 0.1) is 11.7 Å². The summed E-state index contributed by atoms with van der Waals surface area (Å²) in [4.78, 5) is 19.9. The summed E-state index contributed by atoms with van der Waals surface area (Å²) < 4.78 is 21.0. The molecule has 0 aliphatic carbocycles. The monoisotopic (exact) mass is 542 g/mol. The van der Waals surface area contributed by atoms with Crippen molar-refractivity contribution in [2.24, 2.45) is 5.92 Å². The molecule has 1 N–H and O–H groups in total. The Balaban J connectivity index is 1.22. The number of aliphatic hydroxyl groups is 1. The highest BCUT2D eigenvalue weighted by atomic mass is 35.5. The number of ether oxygens (including phenoxy) is 1. The molecule has 0 spiro atoms. The minimum Gasteiger partial charge on any atom is -0.463 e. The van der Waals surface area contributed by atoms with E-state index in [4.69, 9.17) is 16.3 Å². The first kappa shape index (κ1) is 27.0. The maximum atomic E-state index is 14.9. The van der Waals surface area contributed by atoms with Crippen LogP contribution in [0.1, 0.15) is 32.3 Å². The van der Waals surface area contributed by atoms with E-state index < -0.39 is 11.4 Å². The summed E-state index contributed by atoms with van der Waals surface area (Å²) in [5.74, 6) is 0.0538. The first-order valence-corrected chi connectivity index (χ1v) is 13.8. The molecule has 0 radical (unpaired) electrons. The second-order valence-electron chi connectivity index (χ2n) is 11.0. The van der Waals surface area contributed by atoms with Crippen molar-refractivity contribution in [3.8, 4) is 6.01 Å². The van der Waals surface area contributed by atoms with Crippen molar-refractivity contribution in [3.63, 3.8) is 0 Å². The minimum atomic E-state index is -0.853. The normalized spacial score (nSPS) is 22.1. The van der Waals surface area contributed by atoms with Crippen LogP contribution in [0.15, 0.2) is 36.5 Å². The zero-order valence-corrected chi connectivity index (χ0v) is 22.9. The predicted molar refractivity (Wildman–Crippen MR) is 147 cm³/mol. The van der Waals surface area contributed by atoms with Crippen molar-refractivity contribution in [1.82, 2.24) is 24.8 Å². The average Bonchev–Trinajstić information content (AvgIpc) is 2.90. The van der Waals surface area contributed by atoms with E-state index in [9.17, 15) is 9.50 Å². The van der Waals surface area contributed by atoms with Crippen LogP contribution in [0.2, 0.25) is 5.15 Å². The SMILES string of the molecule is CC(COc1nc(N2CCC[C@@](C)(O)C2)c2cnc(Cl)c(F)c2n1)CN1CCN(Cc2ccccc2)CC1. The average molecular weight is 543 g/mol. The number of hydrogen-bond acceptors (Lipinski definition) is 8. The third-order valence-corrected chi connectivity index (χ3v) is 7.62. The number of pyridine rings is 1. The first-order valence-electron chi connectivity index (χ1n) is 13.4. The summed E-state index contributed by atoms with van der Waals surface area (Å²) in [6, 6.07) is 10.7. The standard InChI is InChI=1S/C28H36ClFN6O2/c1-20(16-34-11-13-35(14-12-34)17-21-7-4-3-5-8-21)18-38-27-32-24-22(15-31-25(29)23(24)30)26(33-27)36-10-6-9-28(2,37)19-36/h3-5,7-8,15,20,37H,6,9-14,16-19H2,1-2H3/t20?,28-/m1/s1. The van der Waals surface area contributed by atoms with Gasteiger partial charge in [0, 0.05) is 64.5 Å². The zero-order valence-electron chi connectivity index (χ0n) is 22.1. The lowest BCUT2D eigenvalue weighted by Gasteiger charge is -2.38. The van der Waals surface area contributed by atoms with E-state index in [2.05, 4.69) is 62.0 Å². The Kier molecular flexibility index (Phi) is 8.28. The van der Waals surface area contributed by atoms with Crippen LogP contribution in [-0.2, 0) is 6.54 Å². The van der Waals surface area contributed by atoms with Gasteiger partial charge in [0.2, 0.25) is 0 Å². The fraction of sp³-hybridized carbons (Fsp3) is 0.536. The molecule has 10 heteroatoms. The summed E-state index contributed by atoms with van der Waals surface area (Å²) in [6.07, 6.45) is 2.99. The van der Waals surface area contributed by atoms with Gasteiger partial charge in [-0.1, -0.05) is 48.9 Å². The van der Waals surface area contributed by atoms with Crippen molar-refractivity contribution in [2.75, 3.05) is 57.3 Å². The van der Waals surface area contributed by atoms with E-state index in [1.54, 1.807) is 6.92 Å². The van der Waals surface area contributed by atoms with Crippen LogP contribution in [0.5, 0.6) is 6.01 Å². The van der Waals surface area contributed by atoms with Gasteiger partial charge in [-0.15, -0.1) is 0 Å². The van der Waals surface area contributed by atoms with Crippen LogP contribution < -0.4 is 9.64 Å². The van der Waals surface area contributed by atoms with Crippen molar-refractivity contribution in [3.05, 3.63) is 53.1 Å². The molecule has 2 aliphatic rings. The minimum absolute atomic E-state index is 0.0809. The third-order valence-electron chi connectivity index (χ3n) is 7.36. The molecule has 0 bridgehead atoms. The van der Waals surface area contributed by atoms with Gasteiger partial charge in [0.05, 0.1) is 17.6 Å². The Morgan fingerprint density at radius 1 is 1.11 bits per heavy atom. The van der Waals surface area contributed by atoms with Crippen LogP contribution in [0.4, 0.5) is 10.2 Å². The summed E-state index contributed by atoms with van der Waals surface area (Å²) in [6.45, 7) is 11.4. The smallest absolute Gasteiger partial charge is 0.319 e. The Morgan fingerprint density at radius 3 is 2.58 bits per heavy atom. The van der Waals surface area contributed by atoms with Crippen molar-refractivity contribution >= 4 is 28.3 Å². The fourth-order valence-electron chi connectivity index (χ4n) is 5.39. The van der Waals surface area contributed by atoms with E-state index in [1.165, 1.54) is 11.8 Å². The Labute approximate surface area is 228 Å². The number of aromatic nitrogens is 3. The van der Waals surface area contributed by atoms with Crippen molar-refractivity contribution in [1.29, 1.82) is 0 Å². The molecule has 3 aromatic rings. The van der Waals surface area contributed by atoms with Gasteiger partial charge in [0.1, 0.15) is 11.3 Å². The number of piperazine rings is 1. The third kappa shape index (κ3) is 6.51. The van der Waals surface area contributed by atoms with Gasteiger partial charge in [-0.05, 0) is 25.3 Å². The molecule has 4 heterocycles. The van der Waals surface area contributed by atoms with Gasteiger partial charge < -0.3 is 19.6 Å². The molecule has 8 nitrogen and oxygen atoms in total. The van der Waals surface area contributed by atoms with Gasteiger partial charge in [-0.2, -0.15) is 9.97 Å². The molecule has 1 aromatic carbocycles. The second kappa shape index (κ2) is 11.7. The lowest BCUT2D eigenvalue weighted by Crippen LogP contribution is -2.47. The van der Waals surface area contributed by atoms with Gasteiger partial charge in [0.15, 0.2) is 11.0 Å². The number of hydrogen-bond donors (Lipinski definition) is 1. The van der Waals surface area contributed by atoms with Crippen molar-refractivity contribution in [2.45, 2.75) is 38.8 Å². The topological polar surface area (TPSA) is 77.8 Å². The number of fused-ring (bicyclic) bond motifs is 1. The largest absolute Gasteiger partial charge is 0.463 e. The van der Waals surface area contributed by atoms with E-state index in [-0.39, 0.29) is 22.6 Å². The molecule has 38 heavy (non-hydrogen) atoms. The molecule has 0 saturated carbocycles. The molecule has 1 unspecified atom stereocenters. The molecule has 2 saturated heterocycles. The number of halogens is 2. The van der Waals surface area contributed by atoms with E-state index in [0.29, 0.717) is 37.3 Å². The van der Waals surface area contributed by atoms with Crippen LogP contribution >= 0.6 is 11.6 Å².